The molecule has 4 rings (SSSR count). The molecule has 1 N–H and O–H groups in total. The molecule has 222 valence electrons. The first-order chi connectivity index (χ1) is 19.4. The van der Waals surface area contributed by atoms with E-state index in [0.29, 0.717) is 19.0 Å². The van der Waals surface area contributed by atoms with Crippen LogP contribution in [0.25, 0.3) is 0 Å². The highest BCUT2D eigenvalue weighted by Gasteiger charge is 2.44. The second kappa shape index (κ2) is 12.8. The maximum atomic E-state index is 12.3. The van der Waals surface area contributed by atoms with Crippen LogP contribution in [0, 0.1) is 5.92 Å². The van der Waals surface area contributed by atoms with Gasteiger partial charge in [0.1, 0.15) is 12.1 Å². The number of carbonyl (C=O) groups is 1. The number of rotatable bonds is 10. The predicted octanol–water partition coefficient (Wildman–Crippen LogP) is 6.68. The number of nitrogens with zero attached hydrogens (tertiary/aromatic N) is 3. The van der Waals surface area contributed by atoms with Crippen LogP contribution in [0.5, 0.6) is 0 Å². The fourth-order valence-corrected chi connectivity index (χ4v) is 5.73. The highest BCUT2D eigenvalue weighted by atomic mass is 16.6. The Morgan fingerprint density at radius 1 is 1.02 bits per heavy atom. The van der Waals surface area contributed by atoms with Crippen LogP contribution in [0.1, 0.15) is 81.2 Å². The SMILES string of the molecule is CN(Cc1ccc(CC[N+](C)(C)Cc2cnc([C@](O)(c3ccccc3)C3CCCCC3)o2)cc1)C(=O)OC(C)(C)C. The molecule has 1 fully saturated rings. The molecule has 1 aliphatic rings. The summed E-state index contributed by atoms with van der Waals surface area (Å²) in [5, 5.41) is 12.1. The molecule has 0 bridgehead atoms. The Bertz CT molecular complexity index is 1260. The summed E-state index contributed by atoms with van der Waals surface area (Å²) in [5.74, 6) is 1.30. The van der Waals surface area contributed by atoms with Gasteiger partial charge in [0, 0.05) is 25.9 Å². The Kier molecular flexibility index (Phi) is 9.60. The van der Waals surface area contributed by atoms with E-state index in [9.17, 15) is 9.90 Å². The largest absolute Gasteiger partial charge is 0.444 e. The lowest BCUT2D eigenvalue weighted by molar-refractivity contribution is -0.904. The summed E-state index contributed by atoms with van der Waals surface area (Å²) in [5.41, 5.74) is 1.44. The molecule has 2 aromatic carbocycles. The average Bonchev–Trinajstić information content (AvgIpc) is 3.40. The third kappa shape index (κ3) is 8.20. The van der Waals surface area contributed by atoms with Crippen molar-refractivity contribution in [1.29, 1.82) is 0 Å². The molecule has 0 saturated heterocycles. The number of ether oxygens (including phenoxy) is 1. The van der Waals surface area contributed by atoms with Crippen LogP contribution in [0.15, 0.2) is 65.2 Å². The second-order valence-corrected chi connectivity index (χ2v) is 13.3. The van der Waals surface area contributed by atoms with Crippen molar-refractivity contribution in [2.45, 2.75) is 83.6 Å². The Hall–Kier alpha value is -3.16. The number of likely N-dealkylation sites (N-methyl/N-ethyl adjacent to an activating group) is 1. The average molecular weight is 563 g/mol. The van der Waals surface area contributed by atoms with Crippen molar-refractivity contribution in [2.75, 3.05) is 27.7 Å². The number of hydrogen-bond acceptors (Lipinski definition) is 5. The standard InChI is InChI=1S/C34H48N3O4/c1-33(2,3)41-32(38)36(4)24-27-19-17-26(18-20-27)21-22-37(5,6)25-30-23-35-31(40-30)34(39,28-13-9-7-10-14-28)29-15-11-8-12-16-29/h7,9-10,13-14,17-20,23,29,39H,8,11-12,15-16,21-22,24-25H2,1-6H3/q+1/t34-/m0/s1. The quantitative estimate of drug-likeness (QED) is 0.279. The van der Waals surface area contributed by atoms with Gasteiger partial charge in [0.05, 0.1) is 26.8 Å². The zero-order valence-electron chi connectivity index (χ0n) is 25.7. The van der Waals surface area contributed by atoms with Crippen LogP contribution in [0.2, 0.25) is 0 Å². The third-order valence-corrected chi connectivity index (χ3v) is 8.03. The van der Waals surface area contributed by atoms with Crippen molar-refractivity contribution in [3.8, 4) is 0 Å². The van der Waals surface area contributed by atoms with Gasteiger partial charge in [-0.05, 0) is 50.3 Å². The van der Waals surface area contributed by atoms with Gasteiger partial charge in [-0.25, -0.2) is 9.78 Å². The molecule has 1 aromatic heterocycles. The van der Waals surface area contributed by atoms with Crippen LogP contribution in [-0.4, -0.2) is 58.9 Å². The summed E-state index contributed by atoms with van der Waals surface area (Å²) < 4.78 is 12.5. The van der Waals surface area contributed by atoms with Crippen molar-refractivity contribution >= 4 is 6.09 Å². The lowest BCUT2D eigenvalue weighted by atomic mass is 9.73. The molecule has 1 aliphatic carbocycles. The normalized spacial score (nSPS) is 16.3. The number of benzene rings is 2. The lowest BCUT2D eigenvalue weighted by Gasteiger charge is -2.36. The summed E-state index contributed by atoms with van der Waals surface area (Å²) in [4.78, 5) is 18.5. The van der Waals surface area contributed by atoms with E-state index in [-0.39, 0.29) is 12.0 Å². The number of carbonyl (C=O) groups excluding carboxylic acids is 1. The number of oxazole rings is 1. The monoisotopic (exact) mass is 562 g/mol. The summed E-state index contributed by atoms with van der Waals surface area (Å²) in [6.45, 7) is 7.71. The van der Waals surface area contributed by atoms with E-state index >= 15 is 0 Å². The predicted molar refractivity (Wildman–Crippen MR) is 161 cm³/mol. The van der Waals surface area contributed by atoms with Gasteiger partial charge in [-0.1, -0.05) is 73.9 Å². The van der Waals surface area contributed by atoms with Crippen LogP contribution in [0.3, 0.4) is 0 Å². The van der Waals surface area contributed by atoms with E-state index in [1.54, 1.807) is 18.1 Å². The summed E-state index contributed by atoms with van der Waals surface area (Å²) in [6.07, 6.45) is 7.79. The van der Waals surface area contributed by atoms with Crippen LogP contribution in [0.4, 0.5) is 4.79 Å². The third-order valence-electron chi connectivity index (χ3n) is 8.03. The number of amides is 1. The van der Waals surface area contributed by atoms with Gasteiger partial charge in [0.25, 0.3) is 0 Å². The van der Waals surface area contributed by atoms with Gasteiger partial charge in [0.2, 0.25) is 5.89 Å². The molecule has 3 aromatic rings. The van der Waals surface area contributed by atoms with Gasteiger partial charge in [-0.2, -0.15) is 0 Å². The van der Waals surface area contributed by atoms with Crippen LogP contribution in [-0.2, 0) is 29.8 Å². The smallest absolute Gasteiger partial charge is 0.410 e. The number of quaternary nitrogens is 1. The van der Waals surface area contributed by atoms with E-state index in [0.717, 1.165) is 60.0 Å². The van der Waals surface area contributed by atoms with E-state index in [1.165, 1.54) is 12.0 Å². The van der Waals surface area contributed by atoms with Crippen molar-refractivity contribution in [3.63, 3.8) is 0 Å². The molecule has 7 heteroatoms. The van der Waals surface area contributed by atoms with E-state index in [2.05, 4.69) is 43.3 Å². The van der Waals surface area contributed by atoms with Crippen molar-refractivity contribution < 1.29 is 23.5 Å². The zero-order chi connectivity index (χ0) is 29.7. The van der Waals surface area contributed by atoms with E-state index in [1.807, 2.05) is 51.1 Å². The minimum Gasteiger partial charge on any atom is -0.444 e. The number of aromatic nitrogens is 1. The molecule has 0 spiro atoms. The molecule has 0 aliphatic heterocycles. The Morgan fingerprint density at radius 3 is 2.29 bits per heavy atom. The molecule has 7 nitrogen and oxygen atoms in total. The fourth-order valence-electron chi connectivity index (χ4n) is 5.73. The first-order valence-corrected chi connectivity index (χ1v) is 14.9. The molecule has 1 atom stereocenters. The molecular weight excluding hydrogens is 514 g/mol. The van der Waals surface area contributed by atoms with Gasteiger partial charge < -0.3 is 23.6 Å². The Morgan fingerprint density at radius 2 is 1.66 bits per heavy atom. The second-order valence-electron chi connectivity index (χ2n) is 13.3. The van der Waals surface area contributed by atoms with Crippen LogP contribution < -0.4 is 0 Å². The minimum atomic E-state index is -1.21. The topological polar surface area (TPSA) is 75.8 Å². The van der Waals surface area contributed by atoms with Gasteiger partial charge in [0.15, 0.2) is 11.4 Å². The highest BCUT2D eigenvalue weighted by molar-refractivity contribution is 5.67. The Balaban J connectivity index is 1.37. The lowest BCUT2D eigenvalue weighted by Crippen LogP contribution is -2.40. The van der Waals surface area contributed by atoms with E-state index in [4.69, 9.17) is 9.15 Å². The molecular formula is C34H48N3O4+. The molecule has 1 saturated carbocycles. The summed E-state index contributed by atoms with van der Waals surface area (Å²) in [7, 11) is 6.14. The molecule has 1 amide bonds. The van der Waals surface area contributed by atoms with Gasteiger partial charge in [-0.15, -0.1) is 0 Å². The fraction of sp³-hybridized carbons (Fsp3) is 0.529. The van der Waals surface area contributed by atoms with Crippen molar-refractivity contribution in [2.24, 2.45) is 5.92 Å². The Labute approximate surface area is 245 Å². The minimum absolute atomic E-state index is 0.0968. The number of hydrogen-bond donors (Lipinski definition) is 1. The highest BCUT2D eigenvalue weighted by Crippen LogP contribution is 2.43. The molecule has 41 heavy (non-hydrogen) atoms. The van der Waals surface area contributed by atoms with E-state index < -0.39 is 11.2 Å². The molecule has 0 unspecified atom stereocenters. The molecule has 1 heterocycles. The summed E-state index contributed by atoms with van der Waals surface area (Å²) >= 11 is 0. The first-order valence-electron chi connectivity index (χ1n) is 14.9. The van der Waals surface area contributed by atoms with Crippen molar-refractivity contribution in [3.05, 3.63) is 89.1 Å². The van der Waals surface area contributed by atoms with Crippen molar-refractivity contribution in [1.82, 2.24) is 9.88 Å². The van der Waals surface area contributed by atoms with Gasteiger partial charge >= 0.3 is 6.09 Å². The maximum Gasteiger partial charge on any atom is 0.410 e. The van der Waals surface area contributed by atoms with Gasteiger partial charge in [-0.3, -0.25) is 0 Å². The zero-order valence-corrected chi connectivity index (χ0v) is 25.7. The van der Waals surface area contributed by atoms with Crippen LogP contribution >= 0.6 is 0 Å². The first kappa shape index (κ1) is 30.8. The molecule has 0 radical (unpaired) electrons. The maximum absolute atomic E-state index is 12.3. The number of aliphatic hydroxyl groups is 1. The summed E-state index contributed by atoms with van der Waals surface area (Å²) in [6, 6.07) is 18.3.